The van der Waals surface area contributed by atoms with E-state index in [2.05, 4.69) is 20.7 Å². The van der Waals surface area contributed by atoms with Crippen molar-refractivity contribution in [2.45, 2.75) is 45.1 Å². The minimum absolute atomic E-state index is 0.0167. The number of benzene rings is 1. The smallest absolute Gasteiger partial charge is 0.290 e. The normalized spacial score (nSPS) is 14.4. The summed E-state index contributed by atoms with van der Waals surface area (Å²) in [6.45, 7) is 1.93. The number of carbonyl (C=O) groups excluding carboxylic acids is 2. The summed E-state index contributed by atoms with van der Waals surface area (Å²) in [5.74, 6) is -0.315. The van der Waals surface area contributed by atoms with Crippen LogP contribution in [-0.4, -0.2) is 39.2 Å². The van der Waals surface area contributed by atoms with Crippen LogP contribution in [-0.2, 0) is 4.79 Å². The first kappa shape index (κ1) is 18.0. The number of aromatic nitrogens is 3. The first-order chi connectivity index (χ1) is 12.5. The van der Waals surface area contributed by atoms with E-state index in [9.17, 15) is 14.0 Å². The summed E-state index contributed by atoms with van der Waals surface area (Å²) in [6, 6.07) is 6.03. The molecule has 1 aromatic heterocycles. The molecule has 0 saturated heterocycles. The zero-order valence-corrected chi connectivity index (χ0v) is 14.7. The Hall–Kier alpha value is -2.77. The van der Waals surface area contributed by atoms with Crippen LogP contribution in [0.25, 0.3) is 5.69 Å². The van der Waals surface area contributed by atoms with E-state index in [1.807, 2.05) is 0 Å². The van der Waals surface area contributed by atoms with Gasteiger partial charge in [0.25, 0.3) is 5.91 Å². The Morgan fingerprint density at radius 3 is 2.62 bits per heavy atom. The zero-order valence-electron chi connectivity index (χ0n) is 14.7. The fraction of sp³-hybridized carbons (Fsp3) is 0.444. The molecule has 1 fully saturated rings. The summed E-state index contributed by atoms with van der Waals surface area (Å²) in [4.78, 5) is 28.2. The van der Waals surface area contributed by atoms with Gasteiger partial charge in [-0.2, -0.15) is 0 Å². The van der Waals surface area contributed by atoms with Crippen LogP contribution in [0.1, 0.15) is 48.5 Å². The lowest BCUT2D eigenvalue weighted by Gasteiger charge is -2.11. The van der Waals surface area contributed by atoms with Gasteiger partial charge in [0.05, 0.1) is 5.69 Å². The maximum Gasteiger partial charge on any atom is 0.290 e. The van der Waals surface area contributed by atoms with Gasteiger partial charge >= 0.3 is 0 Å². The van der Waals surface area contributed by atoms with Crippen molar-refractivity contribution in [1.82, 2.24) is 25.4 Å². The van der Waals surface area contributed by atoms with Gasteiger partial charge in [-0.1, -0.05) is 12.8 Å². The van der Waals surface area contributed by atoms with Gasteiger partial charge in [0.1, 0.15) is 11.6 Å². The average molecular weight is 359 g/mol. The molecule has 1 aromatic carbocycles. The summed E-state index contributed by atoms with van der Waals surface area (Å²) >= 11 is 0. The predicted octanol–water partition coefficient (Wildman–Crippen LogP) is 1.89. The van der Waals surface area contributed by atoms with Crippen LogP contribution >= 0.6 is 0 Å². The maximum absolute atomic E-state index is 13.0. The average Bonchev–Trinajstić information content (AvgIpc) is 3.25. The molecule has 0 radical (unpaired) electrons. The molecular weight excluding hydrogens is 337 g/mol. The van der Waals surface area contributed by atoms with Gasteiger partial charge in [0, 0.05) is 19.0 Å². The van der Waals surface area contributed by atoms with Crippen LogP contribution in [0.4, 0.5) is 4.39 Å². The molecule has 1 heterocycles. The van der Waals surface area contributed by atoms with Crippen LogP contribution in [0.15, 0.2) is 24.3 Å². The predicted molar refractivity (Wildman–Crippen MR) is 93.4 cm³/mol. The van der Waals surface area contributed by atoms with Crippen LogP contribution in [0.5, 0.6) is 0 Å². The second-order valence-corrected chi connectivity index (χ2v) is 6.43. The van der Waals surface area contributed by atoms with E-state index in [1.165, 1.54) is 16.8 Å². The van der Waals surface area contributed by atoms with Crippen molar-refractivity contribution in [3.8, 4) is 5.69 Å². The number of carbonyl (C=O) groups is 2. The Labute approximate surface area is 151 Å². The second-order valence-electron chi connectivity index (χ2n) is 6.43. The molecule has 7 nitrogen and oxygen atoms in total. The molecule has 1 aliphatic rings. The quantitative estimate of drug-likeness (QED) is 0.824. The lowest BCUT2D eigenvalue weighted by Crippen LogP contribution is -2.35. The molecule has 0 bridgehead atoms. The highest BCUT2D eigenvalue weighted by molar-refractivity contribution is 5.90. The molecule has 26 heavy (non-hydrogen) atoms. The fourth-order valence-electron chi connectivity index (χ4n) is 3.05. The molecule has 2 amide bonds. The van der Waals surface area contributed by atoms with Gasteiger partial charge < -0.3 is 10.6 Å². The van der Waals surface area contributed by atoms with Crippen LogP contribution in [0.3, 0.4) is 0 Å². The third kappa shape index (κ3) is 4.44. The van der Waals surface area contributed by atoms with Gasteiger partial charge in [0.2, 0.25) is 11.7 Å². The van der Waals surface area contributed by atoms with Gasteiger partial charge in [-0.05, 0) is 44.0 Å². The SMILES string of the molecule is Cc1nc(C(=O)NCCC(=O)NC2CCCC2)nn1-c1ccc(F)cc1. The van der Waals surface area contributed by atoms with Crippen molar-refractivity contribution in [2.24, 2.45) is 0 Å². The van der Waals surface area contributed by atoms with Crippen molar-refractivity contribution in [1.29, 1.82) is 0 Å². The van der Waals surface area contributed by atoms with E-state index in [4.69, 9.17) is 0 Å². The summed E-state index contributed by atoms with van der Waals surface area (Å²) in [5.41, 5.74) is 0.617. The van der Waals surface area contributed by atoms with E-state index in [1.54, 1.807) is 19.1 Å². The van der Waals surface area contributed by atoms with Crippen molar-refractivity contribution in [3.63, 3.8) is 0 Å². The first-order valence-corrected chi connectivity index (χ1v) is 8.80. The summed E-state index contributed by atoms with van der Waals surface area (Å²) < 4.78 is 14.5. The number of nitrogens with zero attached hydrogens (tertiary/aromatic N) is 3. The number of halogens is 1. The van der Waals surface area contributed by atoms with Crippen molar-refractivity contribution in [2.75, 3.05) is 6.54 Å². The highest BCUT2D eigenvalue weighted by atomic mass is 19.1. The Morgan fingerprint density at radius 1 is 1.23 bits per heavy atom. The number of hydrogen-bond acceptors (Lipinski definition) is 4. The highest BCUT2D eigenvalue weighted by Gasteiger charge is 2.18. The fourth-order valence-corrected chi connectivity index (χ4v) is 3.05. The lowest BCUT2D eigenvalue weighted by atomic mass is 10.2. The summed E-state index contributed by atoms with van der Waals surface area (Å²) in [6.07, 6.45) is 4.59. The number of aryl methyl sites for hydroxylation is 1. The molecular formula is C18H22FN5O2. The van der Waals surface area contributed by atoms with Crippen LogP contribution in [0, 0.1) is 12.7 Å². The molecule has 1 aliphatic carbocycles. The van der Waals surface area contributed by atoms with Crippen molar-refractivity contribution >= 4 is 11.8 Å². The van der Waals surface area contributed by atoms with E-state index in [0.29, 0.717) is 11.5 Å². The number of amides is 2. The van der Waals surface area contributed by atoms with Gasteiger partial charge in [-0.3, -0.25) is 9.59 Å². The standard InChI is InChI=1S/C18H22FN5O2/c1-12-21-17(23-24(12)15-8-6-13(19)7-9-15)18(26)20-11-10-16(25)22-14-4-2-3-5-14/h6-9,14H,2-5,10-11H2,1H3,(H,20,26)(H,22,25). The highest BCUT2D eigenvalue weighted by Crippen LogP contribution is 2.17. The van der Waals surface area contributed by atoms with Gasteiger partial charge in [0.15, 0.2) is 0 Å². The van der Waals surface area contributed by atoms with E-state index in [0.717, 1.165) is 25.7 Å². The summed E-state index contributed by atoms with van der Waals surface area (Å²) in [7, 11) is 0. The largest absolute Gasteiger partial charge is 0.353 e. The minimum Gasteiger partial charge on any atom is -0.353 e. The Kier molecular flexibility index (Phi) is 5.60. The maximum atomic E-state index is 13.0. The Morgan fingerprint density at radius 2 is 1.92 bits per heavy atom. The third-order valence-electron chi connectivity index (χ3n) is 4.40. The number of nitrogens with one attached hydrogen (secondary N) is 2. The second kappa shape index (κ2) is 8.07. The molecule has 138 valence electrons. The molecule has 0 spiro atoms. The molecule has 0 aliphatic heterocycles. The van der Waals surface area contributed by atoms with Crippen LogP contribution < -0.4 is 10.6 Å². The van der Waals surface area contributed by atoms with E-state index >= 15 is 0 Å². The summed E-state index contributed by atoms with van der Waals surface area (Å²) in [5, 5.41) is 9.79. The zero-order chi connectivity index (χ0) is 18.5. The van der Waals surface area contributed by atoms with Crippen molar-refractivity contribution < 1.29 is 14.0 Å². The van der Waals surface area contributed by atoms with Gasteiger partial charge in [-0.15, -0.1) is 5.10 Å². The van der Waals surface area contributed by atoms with E-state index < -0.39 is 5.91 Å². The molecule has 0 unspecified atom stereocenters. The third-order valence-corrected chi connectivity index (χ3v) is 4.40. The monoisotopic (exact) mass is 359 g/mol. The number of rotatable bonds is 6. The minimum atomic E-state index is -0.442. The molecule has 0 atom stereocenters. The molecule has 3 rings (SSSR count). The Bertz CT molecular complexity index is 781. The number of hydrogen-bond donors (Lipinski definition) is 2. The molecule has 2 aromatic rings. The topological polar surface area (TPSA) is 88.9 Å². The molecule has 2 N–H and O–H groups in total. The van der Waals surface area contributed by atoms with Crippen molar-refractivity contribution in [3.05, 3.63) is 41.7 Å². The lowest BCUT2D eigenvalue weighted by molar-refractivity contribution is -0.121. The first-order valence-electron chi connectivity index (χ1n) is 8.80. The molecule has 1 saturated carbocycles. The van der Waals surface area contributed by atoms with Crippen LogP contribution in [0.2, 0.25) is 0 Å². The van der Waals surface area contributed by atoms with E-state index in [-0.39, 0.29) is 36.6 Å². The molecule has 8 heteroatoms. The van der Waals surface area contributed by atoms with Gasteiger partial charge in [-0.25, -0.2) is 14.1 Å². The Balaban J connectivity index is 1.52.